The Bertz CT molecular complexity index is 908. The van der Waals surface area contributed by atoms with Gasteiger partial charge in [0.15, 0.2) is 0 Å². The summed E-state index contributed by atoms with van der Waals surface area (Å²) in [6.45, 7) is 9.74. The van der Waals surface area contributed by atoms with Crippen LogP contribution in [0.25, 0.3) is 0 Å². The highest BCUT2D eigenvalue weighted by molar-refractivity contribution is 5.95. The smallest absolute Gasteiger partial charge is 0.243 e. The van der Waals surface area contributed by atoms with Crippen LogP contribution in [0.15, 0.2) is 48.5 Å². The summed E-state index contributed by atoms with van der Waals surface area (Å²) in [5.41, 5.74) is 2.96. The van der Waals surface area contributed by atoms with Gasteiger partial charge in [-0.15, -0.1) is 0 Å². The molecule has 0 radical (unpaired) electrons. The van der Waals surface area contributed by atoms with Gasteiger partial charge in [0.2, 0.25) is 11.8 Å². The topological polar surface area (TPSA) is 65.1 Å². The molecule has 1 aliphatic rings. The van der Waals surface area contributed by atoms with Gasteiger partial charge in [-0.05, 0) is 45.0 Å². The van der Waals surface area contributed by atoms with Crippen LogP contribution in [-0.2, 0) is 9.59 Å². The number of amides is 2. The number of nitrogens with one attached hydrogen (secondary N) is 1. The van der Waals surface area contributed by atoms with Crippen LogP contribution in [0.1, 0.15) is 19.4 Å². The minimum atomic E-state index is -0.281. The molecule has 172 valence electrons. The number of anilines is 2. The molecule has 1 heterocycles. The van der Waals surface area contributed by atoms with Crippen LogP contribution in [0.2, 0.25) is 0 Å². The van der Waals surface area contributed by atoms with E-state index in [-0.39, 0.29) is 24.4 Å². The van der Waals surface area contributed by atoms with Crippen molar-refractivity contribution in [1.82, 2.24) is 9.80 Å². The summed E-state index contributed by atoms with van der Waals surface area (Å²) in [5, 5.41) is 2.85. The first-order chi connectivity index (χ1) is 15.4. The zero-order valence-corrected chi connectivity index (χ0v) is 19.5. The van der Waals surface area contributed by atoms with Gasteiger partial charge >= 0.3 is 0 Å². The predicted octanol–water partition coefficient (Wildman–Crippen LogP) is 3.00. The van der Waals surface area contributed by atoms with Gasteiger partial charge in [-0.2, -0.15) is 0 Å². The third kappa shape index (κ3) is 6.01. The van der Waals surface area contributed by atoms with E-state index in [1.165, 1.54) is 4.90 Å². The molecule has 32 heavy (non-hydrogen) atoms. The second-order valence-electron chi connectivity index (χ2n) is 8.21. The monoisotopic (exact) mass is 438 g/mol. The molecule has 0 bridgehead atoms. The molecule has 7 nitrogen and oxygen atoms in total. The van der Waals surface area contributed by atoms with Crippen molar-refractivity contribution < 1.29 is 14.3 Å². The fourth-order valence-electron chi connectivity index (χ4n) is 3.95. The first-order valence-electron chi connectivity index (χ1n) is 11.2. The molecular weight excluding hydrogens is 404 g/mol. The van der Waals surface area contributed by atoms with E-state index >= 15 is 0 Å². The Morgan fingerprint density at radius 2 is 1.72 bits per heavy atom. The van der Waals surface area contributed by atoms with E-state index in [0.29, 0.717) is 6.61 Å². The van der Waals surface area contributed by atoms with Crippen molar-refractivity contribution in [1.29, 1.82) is 0 Å². The molecule has 0 aromatic heterocycles. The van der Waals surface area contributed by atoms with Crippen LogP contribution in [0, 0.1) is 6.92 Å². The summed E-state index contributed by atoms with van der Waals surface area (Å²) in [7, 11) is 1.68. The minimum absolute atomic E-state index is 0.0265. The van der Waals surface area contributed by atoms with Crippen LogP contribution in [-0.4, -0.2) is 74.0 Å². The van der Waals surface area contributed by atoms with E-state index in [1.807, 2.05) is 63.2 Å². The highest BCUT2D eigenvalue weighted by atomic mass is 16.5. The lowest BCUT2D eigenvalue weighted by atomic mass is 10.1. The average molecular weight is 439 g/mol. The Morgan fingerprint density at radius 3 is 2.38 bits per heavy atom. The van der Waals surface area contributed by atoms with Crippen molar-refractivity contribution in [3.05, 3.63) is 54.1 Å². The van der Waals surface area contributed by atoms with E-state index in [0.717, 1.165) is 48.9 Å². The number of carbonyl (C=O) groups is 2. The second kappa shape index (κ2) is 11.0. The van der Waals surface area contributed by atoms with Crippen molar-refractivity contribution in [3.8, 4) is 5.75 Å². The molecule has 0 aliphatic carbocycles. The number of rotatable bonds is 8. The summed E-state index contributed by atoms with van der Waals surface area (Å²) < 4.78 is 5.77. The molecule has 1 aliphatic heterocycles. The minimum Gasteiger partial charge on any atom is -0.492 e. The number of likely N-dealkylation sites (N-methyl/N-ethyl adjacent to an activating group) is 1. The molecule has 0 unspecified atom stereocenters. The number of benzene rings is 2. The van der Waals surface area contributed by atoms with Gasteiger partial charge in [0.1, 0.15) is 5.75 Å². The summed E-state index contributed by atoms with van der Waals surface area (Å²) in [6, 6.07) is 15.4. The normalized spacial score (nSPS) is 15.2. The van der Waals surface area contributed by atoms with Crippen molar-refractivity contribution in [2.45, 2.75) is 26.8 Å². The SMILES string of the molecule is CCOc1ccccc1N1CCN([C@@H](C)C(=O)N(C)CC(=O)Nc2ccc(C)cc2)CC1. The Labute approximate surface area is 190 Å². The fraction of sp³-hybridized carbons (Fsp3) is 0.440. The molecule has 1 atom stereocenters. The first kappa shape index (κ1) is 23.6. The van der Waals surface area contributed by atoms with Gasteiger partial charge < -0.3 is 19.9 Å². The summed E-state index contributed by atoms with van der Waals surface area (Å²) in [4.78, 5) is 31.3. The van der Waals surface area contributed by atoms with Gasteiger partial charge in [-0.3, -0.25) is 14.5 Å². The van der Waals surface area contributed by atoms with Crippen molar-refractivity contribution in [2.24, 2.45) is 0 Å². The molecule has 2 amide bonds. The van der Waals surface area contributed by atoms with Gasteiger partial charge in [-0.25, -0.2) is 0 Å². The van der Waals surface area contributed by atoms with Crippen LogP contribution >= 0.6 is 0 Å². The number of aryl methyl sites for hydroxylation is 1. The number of hydrogen-bond acceptors (Lipinski definition) is 5. The molecule has 7 heteroatoms. The van der Waals surface area contributed by atoms with E-state index < -0.39 is 0 Å². The Kier molecular flexibility index (Phi) is 8.11. The van der Waals surface area contributed by atoms with Crippen molar-refractivity contribution >= 4 is 23.2 Å². The molecule has 2 aromatic rings. The van der Waals surface area contributed by atoms with Crippen molar-refractivity contribution in [3.63, 3.8) is 0 Å². The third-order valence-electron chi connectivity index (χ3n) is 5.82. The molecule has 2 aromatic carbocycles. The van der Waals surface area contributed by atoms with Gasteiger partial charge in [0, 0.05) is 38.9 Å². The lowest BCUT2D eigenvalue weighted by Gasteiger charge is -2.39. The lowest BCUT2D eigenvalue weighted by Crippen LogP contribution is -2.54. The molecule has 1 N–H and O–H groups in total. The largest absolute Gasteiger partial charge is 0.492 e. The van der Waals surface area contributed by atoms with E-state index in [2.05, 4.69) is 21.2 Å². The number of piperazine rings is 1. The number of hydrogen-bond donors (Lipinski definition) is 1. The number of nitrogens with zero attached hydrogens (tertiary/aromatic N) is 3. The maximum absolute atomic E-state index is 12.9. The van der Waals surface area contributed by atoms with Gasteiger partial charge in [0.25, 0.3) is 0 Å². The Morgan fingerprint density at radius 1 is 1.06 bits per heavy atom. The highest BCUT2D eigenvalue weighted by Gasteiger charge is 2.29. The van der Waals surface area contributed by atoms with Crippen LogP contribution in [0.3, 0.4) is 0 Å². The molecule has 0 spiro atoms. The number of para-hydroxylation sites is 2. The maximum atomic E-state index is 12.9. The van der Waals surface area contributed by atoms with E-state index in [1.54, 1.807) is 7.05 Å². The summed E-state index contributed by atoms with van der Waals surface area (Å²) >= 11 is 0. The van der Waals surface area contributed by atoms with Gasteiger partial charge in [0.05, 0.1) is 24.9 Å². The predicted molar refractivity (Wildman–Crippen MR) is 128 cm³/mol. The second-order valence-corrected chi connectivity index (χ2v) is 8.21. The van der Waals surface area contributed by atoms with Crippen molar-refractivity contribution in [2.75, 3.05) is 56.6 Å². The van der Waals surface area contributed by atoms with E-state index in [4.69, 9.17) is 4.74 Å². The number of ether oxygens (including phenoxy) is 1. The standard InChI is InChI=1S/C25H34N4O3/c1-5-32-23-9-7-6-8-22(23)29-16-14-28(15-17-29)20(3)25(31)27(4)18-24(30)26-21-12-10-19(2)11-13-21/h6-13,20H,5,14-18H2,1-4H3,(H,26,30)/t20-/m0/s1. The molecular formula is C25H34N4O3. The van der Waals surface area contributed by atoms with Crippen LogP contribution in [0.5, 0.6) is 5.75 Å². The quantitative estimate of drug-likeness (QED) is 0.686. The lowest BCUT2D eigenvalue weighted by molar-refractivity contribution is -0.137. The average Bonchev–Trinajstić information content (AvgIpc) is 2.80. The molecule has 0 saturated carbocycles. The van der Waals surface area contributed by atoms with Crippen LogP contribution in [0.4, 0.5) is 11.4 Å². The Hall–Kier alpha value is -3.06. The van der Waals surface area contributed by atoms with Gasteiger partial charge in [-0.1, -0.05) is 29.8 Å². The first-order valence-corrected chi connectivity index (χ1v) is 11.2. The number of carbonyl (C=O) groups excluding carboxylic acids is 2. The summed E-state index contributed by atoms with van der Waals surface area (Å²) in [6.07, 6.45) is 0. The maximum Gasteiger partial charge on any atom is 0.243 e. The summed E-state index contributed by atoms with van der Waals surface area (Å²) in [5.74, 6) is 0.647. The highest BCUT2D eigenvalue weighted by Crippen LogP contribution is 2.29. The molecule has 1 fully saturated rings. The van der Waals surface area contributed by atoms with E-state index in [9.17, 15) is 9.59 Å². The third-order valence-corrected chi connectivity index (χ3v) is 5.82. The van der Waals surface area contributed by atoms with Crippen LogP contribution < -0.4 is 15.0 Å². The fourth-order valence-corrected chi connectivity index (χ4v) is 3.95. The zero-order valence-electron chi connectivity index (χ0n) is 19.5. The Balaban J connectivity index is 1.50. The molecule has 3 rings (SSSR count). The molecule has 1 saturated heterocycles. The zero-order chi connectivity index (χ0) is 23.1.